The highest BCUT2D eigenvalue weighted by Gasteiger charge is 2.41. The van der Waals surface area contributed by atoms with Gasteiger partial charge in [0.15, 0.2) is 9.84 Å². The summed E-state index contributed by atoms with van der Waals surface area (Å²) in [6.07, 6.45) is 1.81. The number of rotatable bonds is 7. The molecular formula is C14H26N2O4S. The van der Waals surface area contributed by atoms with Crippen molar-refractivity contribution in [1.29, 1.82) is 0 Å². The lowest BCUT2D eigenvalue weighted by molar-refractivity contribution is -0.139. The lowest BCUT2D eigenvalue weighted by Crippen LogP contribution is -2.57. The quantitative estimate of drug-likeness (QED) is 0.749. The molecule has 1 saturated heterocycles. The summed E-state index contributed by atoms with van der Waals surface area (Å²) in [7, 11) is -3.13. The second-order valence-corrected chi connectivity index (χ2v) is 7.84. The van der Waals surface area contributed by atoms with E-state index in [9.17, 15) is 18.0 Å². The Morgan fingerprint density at radius 2 is 1.76 bits per heavy atom. The molecular weight excluding hydrogens is 292 g/mol. The Morgan fingerprint density at radius 1 is 1.14 bits per heavy atom. The molecule has 0 aromatic rings. The van der Waals surface area contributed by atoms with E-state index in [1.807, 2.05) is 20.8 Å². The number of nitrogens with zero attached hydrogens (tertiary/aromatic N) is 1. The molecule has 0 radical (unpaired) electrons. The molecule has 0 saturated carbocycles. The first-order chi connectivity index (χ1) is 9.80. The van der Waals surface area contributed by atoms with Gasteiger partial charge in [-0.05, 0) is 19.3 Å². The second-order valence-electron chi connectivity index (χ2n) is 5.53. The van der Waals surface area contributed by atoms with Gasteiger partial charge in [0.05, 0.1) is 5.75 Å². The summed E-state index contributed by atoms with van der Waals surface area (Å²) in [5.41, 5.74) is -0.887. The van der Waals surface area contributed by atoms with Crippen molar-refractivity contribution in [2.45, 2.75) is 52.0 Å². The standard InChI is InChI=1S/C14H26N2O4S/c1-4-10-21(19,20)11-9-16-8-7-12(17)15-14(5-2,6-3)13(16)18/h4-11H2,1-3H3,(H,15,17). The van der Waals surface area contributed by atoms with Gasteiger partial charge in [-0.3, -0.25) is 9.59 Å². The fourth-order valence-electron chi connectivity index (χ4n) is 2.63. The van der Waals surface area contributed by atoms with Crippen LogP contribution in [-0.2, 0) is 19.4 Å². The molecule has 0 aromatic heterocycles. The van der Waals surface area contributed by atoms with Gasteiger partial charge in [-0.1, -0.05) is 20.8 Å². The van der Waals surface area contributed by atoms with E-state index < -0.39 is 15.4 Å². The minimum Gasteiger partial charge on any atom is -0.342 e. The zero-order valence-corrected chi connectivity index (χ0v) is 14.0. The fourth-order valence-corrected chi connectivity index (χ4v) is 3.95. The zero-order valence-electron chi connectivity index (χ0n) is 13.1. The molecule has 0 aromatic carbocycles. The lowest BCUT2D eigenvalue weighted by Gasteiger charge is -2.33. The van der Waals surface area contributed by atoms with Crippen LogP contribution in [0.5, 0.6) is 0 Å². The largest absolute Gasteiger partial charge is 0.342 e. The van der Waals surface area contributed by atoms with Crippen molar-refractivity contribution in [1.82, 2.24) is 10.2 Å². The number of amides is 2. The number of sulfone groups is 1. The molecule has 21 heavy (non-hydrogen) atoms. The molecule has 2 amide bonds. The highest BCUT2D eigenvalue weighted by atomic mass is 32.2. The number of hydrogen-bond acceptors (Lipinski definition) is 4. The van der Waals surface area contributed by atoms with Crippen LogP contribution in [0.25, 0.3) is 0 Å². The van der Waals surface area contributed by atoms with Gasteiger partial charge < -0.3 is 10.2 Å². The smallest absolute Gasteiger partial charge is 0.248 e. The molecule has 122 valence electrons. The van der Waals surface area contributed by atoms with Crippen LogP contribution >= 0.6 is 0 Å². The first kappa shape index (κ1) is 17.9. The zero-order chi connectivity index (χ0) is 16.1. The molecule has 0 spiro atoms. The van der Waals surface area contributed by atoms with E-state index in [4.69, 9.17) is 0 Å². The third-order valence-electron chi connectivity index (χ3n) is 4.08. The predicted octanol–water partition coefficient (Wildman–Crippen LogP) is 0.719. The SMILES string of the molecule is CCCS(=O)(=O)CCN1CCC(=O)NC(CC)(CC)C1=O. The summed E-state index contributed by atoms with van der Waals surface area (Å²) < 4.78 is 23.6. The van der Waals surface area contributed by atoms with E-state index >= 15 is 0 Å². The summed E-state index contributed by atoms with van der Waals surface area (Å²) in [6, 6.07) is 0. The maximum atomic E-state index is 12.7. The lowest BCUT2D eigenvalue weighted by atomic mass is 9.91. The Morgan fingerprint density at radius 3 is 2.29 bits per heavy atom. The van der Waals surface area contributed by atoms with Crippen LogP contribution in [0.3, 0.4) is 0 Å². The van der Waals surface area contributed by atoms with Gasteiger partial charge in [0, 0.05) is 25.3 Å². The maximum absolute atomic E-state index is 12.7. The highest BCUT2D eigenvalue weighted by molar-refractivity contribution is 7.91. The molecule has 0 unspecified atom stereocenters. The third kappa shape index (κ3) is 4.43. The average Bonchev–Trinajstić information content (AvgIpc) is 2.55. The molecule has 1 fully saturated rings. The summed E-state index contributed by atoms with van der Waals surface area (Å²) >= 11 is 0. The van der Waals surface area contributed by atoms with Crippen LogP contribution in [0.4, 0.5) is 0 Å². The van der Waals surface area contributed by atoms with Gasteiger partial charge in [-0.2, -0.15) is 0 Å². The molecule has 1 rings (SSSR count). The number of hydrogen-bond donors (Lipinski definition) is 1. The average molecular weight is 318 g/mol. The van der Waals surface area contributed by atoms with Gasteiger partial charge in [0.1, 0.15) is 5.54 Å². The Bertz CT molecular complexity index is 483. The van der Waals surface area contributed by atoms with Gasteiger partial charge in [0.25, 0.3) is 0 Å². The Balaban J connectivity index is 2.86. The van der Waals surface area contributed by atoms with E-state index in [-0.39, 0.29) is 42.8 Å². The van der Waals surface area contributed by atoms with Crippen LogP contribution in [-0.4, -0.2) is 55.3 Å². The van der Waals surface area contributed by atoms with Crippen molar-refractivity contribution in [3.05, 3.63) is 0 Å². The van der Waals surface area contributed by atoms with Gasteiger partial charge in [-0.25, -0.2) is 8.42 Å². The molecule has 7 heteroatoms. The summed E-state index contributed by atoms with van der Waals surface area (Å²) in [4.78, 5) is 26.0. The molecule has 1 N–H and O–H groups in total. The van der Waals surface area contributed by atoms with Crippen molar-refractivity contribution in [3.8, 4) is 0 Å². The van der Waals surface area contributed by atoms with E-state index in [0.717, 1.165) is 0 Å². The molecule has 0 bridgehead atoms. The number of carbonyl (C=O) groups excluding carboxylic acids is 2. The van der Waals surface area contributed by atoms with E-state index in [2.05, 4.69) is 5.32 Å². The second kappa shape index (κ2) is 7.24. The molecule has 6 nitrogen and oxygen atoms in total. The van der Waals surface area contributed by atoms with Crippen LogP contribution < -0.4 is 5.32 Å². The highest BCUT2D eigenvalue weighted by Crippen LogP contribution is 2.21. The summed E-state index contributed by atoms with van der Waals surface area (Å²) in [6.45, 7) is 5.99. The van der Waals surface area contributed by atoms with E-state index in [1.165, 1.54) is 4.90 Å². The molecule has 0 atom stereocenters. The van der Waals surface area contributed by atoms with Crippen LogP contribution in [0, 0.1) is 0 Å². The van der Waals surface area contributed by atoms with Crippen LogP contribution in [0.2, 0.25) is 0 Å². The first-order valence-corrected chi connectivity index (χ1v) is 9.43. The third-order valence-corrected chi connectivity index (χ3v) is 5.91. The molecule has 1 aliphatic rings. The van der Waals surface area contributed by atoms with Crippen LogP contribution in [0.1, 0.15) is 46.5 Å². The van der Waals surface area contributed by atoms with Gasteiger partial charge in [0.2, 0.25) is 11.8 Å². The summed E-state index contributed by atoms with van der Waals surface area (Å²) in [5.74, 6) is -0.209. The van der Waals surface area contributed by atoms with Crippen LogP contribution in [0.15, 0.2) is 0 Å². The Kier molecular flexibility index (Phi) is 6.19. The summed E-state index contributed by atoms with van der Waals surface area (Å²) in [5, 5.41) is 2.81. The van der Waals surface area contributed by atoms with Crippen molar-refractivity contribution in [2.75, 3.05) is 24.6 Å². The minimum atomic E-state index is -3.13. The van der Waals surface area contributed by atoms with Gasteiger partial charge in [-0.15, -0.1) is 0 Å². The van der Waals surface area contributed by atoms with E-state index in [0.29, 0.717) is 19.3 Å². The van der Waals surface area contributed by atoms with Crippen molar-refractivity contribution >= 4 is 21.7 Å². The topological polar surface area (TPSA) is 83.6 Å². The Labute approximate surface area is 127 Å². The first-order valence-electron chi connectivity index (χ1n) is 7.61. The predicted molar refractivity (Wildman–Crippen MR) is 81.6 cm³/mol. The fraction of sp³-hybridized carbons (Fsp3) is 0.857. The minimum absolute atomic E-state index is 0.0374. The normalized spacial score (nSPS) is 19.3. The molecule has 0 aliphatic carbocycles. The molecule has 1 aliphatic heterocycles. The van der Waals surface area contributed by atoms with E-state index in [1.54, 1.807) is 0 Å². The van der Waals surface area contributed by atoms with Gasteiger partial charge >= 0.3 is 0 Å². The van der Waals surface area contributed by atoms with Crippen molar-refractivity contribution in [3.63, 3.8) is 0 Å². The van der Waals surface area contributed by atoms with Crippen molar-refractivity contribution in [2.24, 2.45) is 0 Å². The number of nitrogens with one attached hydrogen (secondary N) is 1. The molecule has 1 heterocycles. The number of carbonyl (C=O) groups is 2. The maximum Gasteiger partial charge on any atom is 0.248 e. The monoisotopic (exact) mass is 318 g/mol. The Hall–Kier alpha value is -1.11. The van der Waals surface area contributed by atoms with Crippen molar-refractivity contribution < 1.29 is 18.0 Å².